The normalized spacial score (nSPS) is 30.6. The van der Waals surface area contributed by atoms with Crippen LogP contribution in [0, 0.1) is 5.92 Å². The van der Waals surface area contributed by atoms with Gasteiger partial charge < -0.3 is 10.1 Å². The van der Waals surface area contributed by atoms with Crippen LogP contribution in [0.15, 0.2) is 30.3 Å². The van der Waals surface area contributed by atoms with Gasteiger partial charge in [0.1, 0.15) is 0 Å². The molecule has 2 heterocycles. The van der Waals surface area contributed by atoms with Crippen molar-refractivity contribution in [2.24, 2.45) is 5.92 Å². The Bertz CT molecular complexity index is 416. The number of benzene rings is 1. The largest absolute Gasteiger partial charge is 0.381 e. The molecule has 3 nitrogen and oxygen atoms in total. The number of ether oxygens (including phenoxy) is 1. The van der Waals surface area contributed by atoms with Crippen LogP contribution < -0.4 is 5.32 Å². The molecule has 0 radical (unpaired) electrons. The lowest BCUT2D eigenvalue weighted by molar-refractivity contribution is 0.127. The molecule has 0 aliphatic carbocycles. The number of hydrogen-bond donors (Lipinski definition) is 1. The summed E-state index contributed by atoms with van der Waals surface area (Å²) in [7, 11) is 0. The third-order valence-electron chi connectivity index (χ3n) is 4.95. The maximum Gasteiger partial charge on any atom is 0.0495 e. The first-order valence-corrected chi connectivity index (χ1v) is 8.40. The summed E-state index contributed by atoms with van der Waals surface area (Å²) >= 11 is 0. The summed E-state index contributed by atoms with van der Waals surface area (Å²) in [5.41, 5.74) is 1.44. The average molecular weight is 288 g/mol. The highest BCUT2D eigenvalue weighted by Gasteiger charge is 2.26. The number of piperazine rings is 1. The van der Waals surface area contributed by atoms with Gasteiger partial charge in [-0.05, 0) is 44.2 Å². The second-order valence-corrected chi connectivity index (χ2v) is 6.66. The first-order chi connectivity index (χ1) is 10.3. The van der Waals surface area contributed by atoms with Crippen molar-refractivity contribution in [1.29, 1.82) is 0 Å². The summed E-state index contributed by atoms with van der Waals surface area (Å²) in [4.78, 5) is 2.67. The highest BCUT2D eigenvalue weighted by molar-refractivity contribution is 5.16. The molecule has 2 fully saturated rings. The van der Waals surface area contributed by atoms with Gasteiger partial charge in [-0.1, -0.05) is 30.3 Å². The van der Waals surface area contributed by atoms with Gasteiger partial charge in [-0.3, -0.25) is 4.90 Å². The maximum atomic E-state index is 5.49. The predicted octanol–water partition coefficient (Wildman–Crippen LogP) is 2.32. The quantitative estimate of drug-likeness (QED) is 0.900. The van der Waals surface area contributed by atoms with E-state index in [9.17, 15) is 0 Å². The van der Waals surface area contributed by atoms with Gasteiger partial charge in [0.05, 0.1) is 0 Å². The molecular weight excluding hydrogens is 260 g/mol. The summed E-state index contributed by atoms with van der Waals surface area (Å²) < 4.78 is 5.49. The lowest BCUT2D eigenvalue weighted by Crippen LogP contribution is -2.56. The molecule has 1 N–H and O–H groups in total. The smallest absolute Gasteiger partial charge is 0.0495 e. The van der Waals surface area contributed by atoms with Crippen LogP contribution in [0.1, 0.15) is 25.3 Å². The molecule has 2 saturated heterocycles. The SMILES string of the molecule is CC1CNC(Cc2ccccc2)CN1CCC1CCOC1. The molecule has 116 valence electrons. The van der Waals surface area contributed by atoms with Crippen molar-refractivity contribution in [2.75, 3.05) is 32.8 Å². The number of hydrogen-bond acceptors (Lipinski definition) is 3. The van der Waals surface area contributed by atoms with Crippen molar-refractivity contribution in [1.82, 2.24) is 10.2 Å². The fourth-order valence-electron chi connectivity index (χ4n) is 3.50. The van der Waals surface area contributed by atoms with Crippen molar-refractivity contribution in [3.63, 3.8) is 0 Å². The molecule has 0 bridgehead atoms. The Kier molecular flexibility index (Phi) is 5.28. The Morgan fingerprint density at radius 2 is 2.14 bits per heavy atom. The molecule has 1 aromatic carbocycles. The van der Waals surface area contributed by atoms with E-state index in [0.717, 1.165) is 32.1 Å². The van der Waals surface area contributed by atoms with Gasteiger partial charge in [0.15, 0.2) is 0 Å². The summed E-state index contributed by atoms with van der Waals surface area (Å²) in [5, 5.41) is 3.71. The van der Waals surface area contributed by atoms with Gasteiger partial charge >= 0.3 is 0 Å². The minimum atomic E-state index is 0.587. The third kappa shape index (κ3) is 4.29. The lowest BCUT2D eigenvalue weighted by atomic mass is 10.00. The summed E-state index contributed by atoms with van der Waals surface area (Å²) in [6.45, 7) is 7.80. The fraction of sp³-hybridized carbons (Fsp3) is 0.667. The first kappa shape index (κ1) is 15.0. The second-order valence-electron chi connectivity index (χ2n) is 6.66. The molecular formula is C18H28N2O. The summed E-state index contributed by atoms with van der Waals surface area (Å²) in [6, 6.07) is 12.1. The van der Waals surface area contributed by atoms with Crippen LogP contribution in [0.4, 0.5) is 0 Å². The fourth-order valence-corrected chi connectivity index (χ4v) is 3.50. The molecule has 0 aromatic heterocycles. The minimum Gasteiger partial charge on any atom is -0.381 e. The van der Waals surface area contributed by atoms with Crippen LogP contribution in [0.3, 0.4) is 0 Å². The molecule has 3 atom stereocenters. The predicted molar refractivity (Wildman–Crippen MR) is 86.5 cm³/mol. The number of rotatable bonds is 5. The topological polar surface area (TPSA) is 24.5 Å². The Hall–Kier alpha value is -0.900. The van der Waals surface area contributed by atoms with Crippen LogP contribution in [0.25, 0.3) is 0 Å². The van der Waals surface area contributed by atoms with Gasteiger partial charge in [0.2, 0.25) is 0 Å². The summed E-state index contributed by atoms with van der Waals surface area (Å²) in [6.07, 6.45) is 3.69. The number of nitrogens with one attached hydrogen (secondary N) is 1. The molecule has 1 aromatic rings. The second kappa shape index (κ2) is 7.39. The first-order valence-electron chi connectivity index (χ1n) is 8.40. The van der Waals surface area contributed by atoms with Crippen molar-refractivity contribution in [3.8, 4) is 0 Å². The third-order valence-corrected chi connectivity index (χ3v) is 4.95. The Labute approximate surface area is 128 Å². The lowest BCUT2D eigenvalue weighted by Gasteiger charge is -2.39. The van der Waals surface area contributed by atoms with Crippen LogP contribution >= 0.6 is 0 Å². The van der Waals surface area contributed by atoms with E-state index < -0.39 is 0 Å². The zero-order valence-electron chi connectivity index (χ0n) is 13.1. The molecule has 3 rings (SSSR count). The van der Waals surface area contributed by atoms with Gasteiger partial charge in [-0.15, -0.1) is 0 Å². The van der Waals surface area contributed by atoms with Crippen molar-refractivity contribution >= 4 is 0 Å². The van der Waals surface area contributed by atoms with Crippen molar-refractivity contribution < 1.29 is 4.74 Å². The Balaban J connectivity index is 1.49. The maximum absolute atomic E-state index is 5.49. The van der Waals surface area contributed by atoms with Crippen molar-refractivity contribution in [3.05, 3.63) is 35.9 Å². The van der Waals surface area contributed by atoms with Crippen LogP contribution in [0.5, 0.6) is 0 Å². The van der Waals surface area contributed by atoms with E-state index >= 15 is 0 Å². The van der Waals surface area contributed by atoms with E-state index in [1.807, 2.05) is 0 Å². The molecule has 0 amide bonds. The van der Waals surface area contributed by atoms with E-state index in [1.165, 1.54) is 31.5 Å². The van der Waals surface area contributed by atoms with E-state index in [-0.39, 0.29) is 0 Å². The molecule has 3 heteroatoms. The van der Waals surface area contributed by atoms with Gasteiger partial charge in [0, 0.05) is 38.4 Å². The van der Waals surface area contributed by atoms with Gasteiger partial charge in [0.25, 0.3) is 0 Å². The molecule has 0 saturated carbocycles. The monoisotopic (exact) mass is 288 g/mol. The Morgan fingerprint density at radius 3 is 2.90 bits per heavy atom. The average Bonchev–Trinajstić information content (AvgIpc) is 3.02. The summed E-state index contributed by atoms with van der Waals surface area (Å²) in [5.74, 6) is 0.791. The molecule has 2 aliphatic rings. The molecule has 2 aliphatic heterocycles. The van der Waals surface area contributed by atoms with Crippen LogP contribution in [-0.2, 0) is 11.2 Å². The minimum absolute atomic E-state index is 0.587. The molecule has 0 spiro atoms. The van der Waals surface area contributed by atoms with E-state index in [4.69, 9.17) is 4.74 Å². The van der Waals surface area contributed by atoms with Crippen LogP contribution in [0.2, 0.25) is 0 Å². The van der Waals surface area contributed by atoms with Gasteiger partial charge in [-0.2, -0.15) is 0 Å². The van der Waals surface area contributed by atoms with E-state index in [0.29, 0.717) is 12.1 Å². The highest BCUT2D eigenvalue weighted by atomic mass is 16.5. The Morgan fingerprint density at radius 1 is 1.29 bits per heavy atom. The molecule has 21 heavy (non-hydrogen) atoms. The van der Waals surface area contributed by atoms with Gasteiger partial charge in [-0.25, -0.2) is 0 Å². The van der Waals surface area contributed by atoms with Crippen molar-refractivity contribution in [2.45, 2.75) is 38.3 Å². The number of nitrogens with zero attached hydrogens (tertiary/aromatic N) is 1. The zero-order chi connectivity index (χ0) is 14.5. The zero-order valence-corrected chi connectivity index (χ0v) is 13.1. The van der Waals surface area contributed by atoms with E-state index in [1.54, 1.807) is 0 Å². The highest BCUT2D eigenvalue weighted by Crippen LogP contribution is 2.19. The van der Waals surface area contributed by atoms with E-state index in [2.05, 4.69) is 47.5 Å². The molecule has 3 unspecified atom stereocenters. The van der Waals surface area contributed by atoms with Crippen LogP contribution in [-0.4, -0.2) is 49.8 Å². The standard InChI is InChI=1S/C18H28N2O/c1-15-12-19-18(11-16-5-3-2-4-6-16)13-20(15)9-7-17-8-10-21-14-17/h2-6,15,17-19H,7-14H2,1H3.